The highest BCUT2D eigenvalue weighted by Crippen LogP contribution is 2.06. The third-order valence-electron chi connectivity index (χ3n) is 2.14. The lowest BCUT2D eigenvalue weighted by Crippen LogP contribution is -2.28. The van der Waals surface area contributed by atoms with Gasteiger partial charge in [0.1, 0.15) is 5.82 Å². The van der Waals surface area contributed by atoms with Gasteiger partial charge in [0.15, 0.2) is 0 Å². The van der Waals surface area contributed by atoms with E-state index >= 15 is 0 Å². The van der Waals surface area contributed by atoms with Crippen molar-refractivity contribution in [3.63, 3.8) is 0 Å². The molecule has 2 aromatic rings. The average Bonchev–Trinajstić information content (AvgIpc) is 2.27. The van der Waals surface area contributed by atoms with Gasteiger partial charge in [-0.2, -0.15) is 0 Å². The van der Waals surface area contributed by atoms with Crippen molar-refractivity contribution in [3.8, 4) is 0 Å². The van der Waals surface area contributed by atoms with Gasteiger partial charge in [-0.05, 0) is 6.07 Å². The first-order valence-electron chi connectivity index (χ1n) is 4.66. The summed E-state index contributed by atoms with van der Waals surface area (Å²) in [7, 11) is 0. The molecule has 0 atom stereocenters. The standard InChI is InChI=1S/C10H10N4O2/c11-10-7(2-1-5-12-10)6-14-9(16)4-3-8(15)13-14/h1-5H,6H2,(H2,11,12)(H,13,15). The van der Waals surface area contributed by atoms with E-state index in [0.717, 1.165) is 0 Å². The van der Waals surface area contributed by atoms with Crippen LogP contribution in [0.15, 0.2) is 40.1 Å². The van der Waals surface area contributed by atoms with E-state index < -0.39 is 0 Å². The first-order chi connectivity index (χ1) is 7.66. The molecule has 0 saturated heterocycles. The molecule has 0 aliphatic carbocycles. The van der Waals surface area contributed by atoms with Crippen molar-refractivity contribution in [1.82, 2.24) is 14.8 Å². The summed E-state index contributed by atoms with van der Waals surface area (Å²) in [6.45, 7) is 0.203. The zero-order chi connectivity index (χ0) is 11.5. The number of pyridine rings is 1. The highest BCUT2D eigenvalue weighted by molar-refractivity contribution is 5.38. The van der Waals surface area contributed by atoms with Gasteiger partial charge in [0.2, 0.25) is 0 Å². The minimum absolute atomic E-state index is 0.203. The summed E-state index contributed by atoms with van der Waals surface area (Å²) < 4.78 is 1.19. The van der Waals surface area contributed by atoms with Crippen LogP contribution in [0.3, 0.4) is 0 Å². The second-order valence-electron chi connectivity index (χ2n) is 3.28. The van der Waals surface area contributed by atoms with Crippen LogP contribution in [0, 0.1) is 0 Å². The van der Waals surface area contributed by atoms with Crippen molar-refractivity contribution in [1.29, 1.82) is 0 Å². The molecule has 0 aliphatic heterocycles. The number of nitrogen functional groups attached to an aromatic ring is 1. The number of anilines is 1. The number of nitrogens with two attached hydrogens (primary N) is 1. The fourth-order valence-electron chi connectivity index (χ4n) is 1.33. The van der Waals surface area contributed by atoms with Crippen LogP contribution in [-0.4, -0.2) is 14.8 Å². The Balaban J connectivity index is 2.42. The number of hydrogen-bond donors (Lipinski definition) is 2. The van der Waals surface area contributed by atoms with Gasteiger partial charge in [0.25, 0.3) is 11.1 Å². The van der Waals surface area contributed by atoms with Crippen LogP contribution in [0.4, 0.5) is 5.82 Å². The summed E-state index contributed by atoms with van der Waals surface area (Å²) in [5.41, 5.74) is 5.70. The second-order valence-corrected chi connectivity index (χ2v) is 3.28. The van der Waals surface area contributed by atoms with E-state index in [9.17, 15) is 9.59 Å². The lowest BCUT2D eigenvalue weighted by atomic mass is 10.2. The van der Waals surface area contributed by atoms with Crippen LogP contribution < -0.4 is 16.9 Å². The Morgan fingerprint density at radius 1 is 1.31 bits per heavy atom. The number of H-pyrrole nitrogens is 1. The SMILES string of the molecule is Nc1ncccc1Cn1[nH]c(=O)ccc1=O. The Morgan fingerprint density at radius 2 is 2.12 bits per heavy atom. The van der Waals surface area contributed by atoms with Crippen LogP contribution in [0.2, 0.25) is 0 Å². The number of nitrogens with zero attached hydrogens (tertiary/aromatic N) is 2. The number of nitrogens with one attached hydrogen (secondary N) is 1. The molecule has 0 unspecified atom stereocenters. The van der Waals surface area contributed by atoms with Gasteiger partial charge in [-0.15, -0.1) is 0 Å². The van der Waals surface area contributed by atoms with Gasteiger partial charge in [0, 0.05) is 23.9 Å². The zero-order valence-electron chi connectivity index (χ0n) is 8.38. The van der Waals surface area contributed by atoms with Crippen molar-refractivity contribution >= 4 is 5.82 Å². The summed E-state index contributed by atoms with van der Waals surface area (Å²) in [6, 6.07) is 5.87. The predicted molar refractivity (Wildman–Crippen MR) is 59.1 cm³/mol. The lowest BCUT2D eigenvalue weighted by molar-refractivity contribution is 0.627. The van der Waals surface area contributed by atoms with E-state index in [4.69, 9.17) is 5.73 Å². The molecule has 0 saturated carbocycles. The summed E-state index contributed by atoms with van der Waals surface area (Å²) in [4.78, 5) is 26.4. The third kappa shape index (κ3) is 2.00. The highest BCUT2D eigenvalue weighted by atomic mass is 16.1. The Kier molecular flexibility index (Phi) is 2.55. The molecule has 82 valence electrons. The quantitative estimate of drug-likeness (QED) is 0.714. The molecule has 6 nitrogen and oxygen atoms in total. The maximum Gasteiger partial charge on any atom is 0.265 e. The molecular weight excluding hydrogens is 208 g/mol. The lowest BCUT2D eigenvalue weighted by Gasteiger charge is -2.06. The number of aromatic nitrogens is 3. The van der Waals surface area contributed by atoms with Crippen molar-refractivity contribution in [2.75, 3.05) is 5.73 Å². The van der Waals surface area contributed by atoms with Gasteiger partial charge >= 0.3 is 0 Å². The molecule has 16 heavy (non-hydrogen) atoms. The number of aromatic amines is 1. The minimum atomic E-state index is -0.331. The zero-order valence-corrected chi connectivity index (χ0v) is 8.38. The molecule has 0 radical (unpaired) electrons. The van der Waals surface area contributed by atoms with Crippen molar-refractivity contribution < 1.29 is 0 Å². The summed E-state index contributed by atoms with van der Waals surface area (Å²) in [5.74, 6) is 0.346. The predicted octanol–water partition coefficient (Wildman–Crippen LogP) is -0.438. The average molecular weight is 218 g/mol. The monoisotopic (exact) mass is 218 g/mol. The normalized spacial score (nSPS) is 10.2. The first kappa shape index (κ1) is 10.2. The second kappa shape index (κ2) is 4.01. The van der Waals surface area contributed by atoms with E-state index in [2.05, 4.69) is 10.1 Å². The molecule has 2 heterocycles. The van der Waals surface area contributed by atoms with Crippen LogP contribution >= 0.6 is 0 Å². The fourth-order valence-corrected chi connectivity index (χ4v) is 1.33. The molecule has 0 spiro atoms. The van der Waals surface area contributed by atoms with Crippen LogP contribution in [0.1, 0.15) is 5.56 Å². The molecule has 0 aromatic carbocycles. The van der Waals surface area contributed by atoms with Crippen molar-refractivity contribution in [2.45, 2.75) is 6.54 Å². The Bertz CT molecular complexity index is 614. The van der Waals surface area contributed by atoms with E-state index in [1.165, 1.54) is 16.8 Å². The molecule has 0 bridgehead atoms. The molecule has 2 rings (SSSR count). The molecule has 0 fully saturated rings. The minimum Gasteiger partial charge on any atom is -0.383 e. The summed E-state index contributed by atoms with van der Waals surface area (Å²) in [5, 5.41) is 2.42. The molecule has 3 N–H and O–H groups in total. The van der Waals surface area contributed by atoms with E-state index in [-0.39, 0.29) is 17.7 Å². The van der Waals surface area contributed by atoms with E-state index in [0.29, 0.717) is 11.4 Å². The number of rotatable bonds is 2. The van der Waals surface area contributed by atoms with Gasteiger partial charge in [-0.1, -0.05) is 6.07 Å². The molecule has 6 heteroatoms. The van der Waals surface area contributed by atoms with Crippen LogP contribution in [0.5, 0.6) is 0 Å². The largest absolute Gasteiger partial charge is 0.383 e. The smallest absolute Gasteiger partial charge is 0.265 e. The molecular formula is C10H10N4O2. The maximum atomic E-state index is 11.4. The van der Waals surface area contributed by atoms with Crippen LogP contribution in [0.25, 0.3) is 0 Å². The number of hydrogen-bond acceptors (Lipinski definition) is 4. The van der Waals surface area contributed by atoms with E-state index in [1.54, 1.807) is 18.3 Å². The van der Waals surface area contributed by atoms with Crippen molar-refractivity contribution in [2.24, 2.45) is 0 Å². The van der Waals surface area contributed by atoms with Crippen LogP contribution in [-0.2, 0) is 6.54 Å². The summed E-state index contributed by atoms with van der Waals surface area (Å²) in [6.07, 6.45) is 1.56. The molecule has 0 amide bonds. The fraction of sp³-hybridized carbons (Fsp3) is 0.100. The topological polar surface area (TPSA) is 93.8 Å². The van der Waals surface area contributed by atoms with E-state index in [1.807, 2.05) is 0 Å². The van der Waals surface area contributed by atoms with Gasteiger partial charge < -0.3 is 5.73 Å². The highest BCUT2D eigenvalue weighted by Gasteiger charge is 2.02. The summed E-state index contributed by atoms with van der Waals surface area (Å²) >= 11 is 0. The third-order valence-corrected chi connectivity index (χ3v) is 2.14. The Morgan fingerprint density at radius 3 is 2.88 bits per heavy atom. The first-order valence-corrected chi connectivity index (χ1v) is 4.66. The van der Waals surface area contributed by atoms with Crippen molar-refractivity contribution in [3.05, 3.63) is 56.7 Å². The van der Waals surface area contributed by atoms with Gasteiger partial charge in [0.05, 0.1) is 6.54 Å². The molecule has 0 aliphatic rings. The molecule has 2 aromatic heterocycles. The van der Waals surface area contributed by atoms with Gasteiger partial charge in [-0.3, -0.25) is 14.7 Å². The van der Waals surface area contributed by atoms with Gasteiger partial charge in [-0.25, -0.2) is 9.67 Å². The Hall–Kier alpha value is -2.37. The maximum absolute atomic E-state index is 11.4. The Labute approximate surface area is 90.4 Å².